The zero-order valence-electron chi connectivity index (χ0n) is 16.6. The lowest BCUT2D eigenvalue weighted by Gasteiger charge is -2.16. The van der Waals surface area contributed by atoms with E-state index in [1.54, 1.807) is 61.5 Å². The van der Waals surface area contributed by atoms with Crippen LogP contribution in [0.3, 0.4) is 0 Å². The molecule has 0 aliphatic rings. The molecule has 0 saturated carbocycles. The number of carboxylic acid groups (broad SMARTS) is 1. The molecule has 0 aliphatic carbocycles. The minimum absolute atomic E-state index is 0.368. The molecule has 0 spiro atoms. The third-order valence-electron chi connectivity index (χ3n) is 5.03. The van der Waals surface area contributed by atoms with Gasteiger partial charge in [-0.2, -0.15) is 0 Å². The predicted molar refractivity (Wildman–Crippen MR) is 115 cm³/mol. The van der Waals surface area contributed by atoms with Crippen LogP contribution in [-0.4, -0.2) is 23.6 Å². The van der Waals surface area contributed by atoms with E-state index in [-0.39, 0.29) is 6.61 Å². The van der Waals surface area contributed by atoms with Crippen molar-refractivity contribution in [1.29, 1.82) is 0 Å². The minimum Gasteiger partial charge on any atom is -0.483 e. The average Bonchev–Trinajstić information content (AvgIpc) is 2.78. The summed E-state index contributed by atoms with van der Waals surface area (Å²) in [6, 6.07) is 17.9. The fraction of sp³-hybridized carbons (Fsp3) is 0.125. The Hall–Kier alpha value is -4.13. The van der Waals surface area contributed by atoms with E-state index >= 15 is 0 Å². The maximum Gasteiger partial charge on any atom is 0.344 e. The molecule has 156 valence electrons. The molecule has 1 aromatic heterocycles. The molecule has 0 saturated heterocycles. The summed E-state index contributed by atoms with van der Waals surface area (Å²) >= 11 is 0. The van der Waals surface area contributed by atoms with Gasteiger partial charge in [0.25, 0.3) is 5.91 Å². The van der Waals surface area contributed by atoms with Crippen LogP contribution in [0.4, 0.5) is 0 Å². The van der Waals surface area contributed by atoms with E-state index in [0.717, 1.165) is 10.8 Å². The van der Waals surface area contributed by atoms with Gasteiger partial charge in [0.15, 0.2) is 12.6 Å². The Bertz CT molecular complexity index is 1340. The highest BCUT2D eigenvalue weighted by Gasteiger charge is 2.22. The highest BCUT2D eigenvalue weighted by atomic mass is 16.5. The van der Waals surface area contributed by atoms with Gasteiger partial charge in [0.2, 0.25) is 0 Å². The lowest BCUT2D eigenvalue weighted by molar-refractivity contribution is -0.142. The van der Waals surface area contributed by atoms with Crippen LogP contribution < -0.4 is 15.7 Å². The van der Waals surface area contributed by atoms with Crippen LogP contribution in [0.5, 0.6) is 5.75 Å². The molecule has 1 amide bonds. The monoisotopic (exact) mass is 417 g/mol. The average molecular weight is 417 g/mol. The Morgan fingerprint density at radius 1 is 0.968 bits per heavy atom. The molecule has 1 heterocycles. The maximum atomic E-state index is 12.3. The summed E-state index contributed by atoms with van der Waals surface area (Å²) in [6.45, 7) is 1.35. The molecule has 0 radical (unpaired) electrons. The van der Waals surface area contributed by atoms with Crippen molar-refractivity contribution in [2.24, 2.45) is 0 Å². The van der Waals surface area contributed by atoms with E-state index in [0.29, 0.717) is 27.8 Å². The van der Waals surface area contributed by atoms with Gasteiger partial charge in [0.1, 0.15) is 11.3 Å². The third-order valence-corrected chi connectivity index (χ3v) is 5.03. The molecule has 3 aromatic carbocycles. The smallest absolute Gasteiger partial charge is 0.344 e. The molecule has 0 fully saturated rings. The number of carbonyl (C=O) groups excluding carboxylic acids is 1. The molecule has 4 rings (SSSR count). The lowest BCUT2D eigenvalue weighted by atomic mass is 10.0. The molecular weight excluding hydrogens is 398 g/mol. The number of carbonyl (C=O) groups is 2. The van der Waals surface area contributed by atoms with Crippen LogP contribution in [0, 0.1) is 6.92 Å². The van der Waals surface area contributed by atoms with Gasteiger partial charge in [-0.1, -0.05) is 48.5 Å². The van der Waals surface area contributed by atoms with Crippen LogP contribution >= 0.6 is 0 Å². The molecule has 1 atom stereocenters. The molecule has 31 heavy (non-hydrogen) atoms. The standard InChI is InChI=1S/C24H19NO6/c1-14-19(12-11-17-16-9-5-6-10-18(16)24(29)31-22(14)17)30-13-20(26)25-21(23(27)28)15-7-3-2-4-8-15/h2-12,21H,13H2,1H3,(H,25,26)(H,27,28)/t21-/m0/s1. The number of nitrogens with one attached hydrogen (secondary N) is 1. The topological polar surface area (TPSA) is 106 Å². The number of amides is 1. The Morgan fingerprint density at radius 2 is 1.65 bits per heavy atom. The summed E-state index contributed by atoms with van der Waals surface area (Å²) in [5.41, 5.74) is 0.965. The Balaban J connectivity index is 1.55. The highest BCUT2D eigenvalue weighted by molar-refractivity contribution is 6.05. The van der Waals surface area contributed by atoms with E-state index in [4.69, 9.17) is 9.15 Å². The lowest BCUT2D eigenvalue weighted by Crippen LogP contribution is -2.36. The van der Waals surface area contributed by atoms with Crippen molar-refractivity contribution in [3.63, 3.8) is 0 Å². The number of hydrogen-bond acceptors (Lipinski definition) is 5. The van der Waals surface area contributed by atoms with Crippen molar-refractivity contribution in [3.8, 4) is 5.75 Å². The molecule has 7 heteroatoms. The highest BCUT2D eigenvalue weighted by Crippen LogP contribution is 2.30. The molecule has 0 aliphatic heterocycles. The Morgan fingerprint density at radius 3 is 2.35 bits per heavy atom. The minimum atomic E-state index is -1.18. The van der Waals surface area contributed by atoms with Crippen LogP contribution in [0.1, 0.15) is 17.2 Å². The quantitative estimate of drug-likeness (QED) is 0.367. The van der Waals surface area contributed by atoms with Crippen LogP contribution in [-0.2, 0) is 9.59 Å². The van der Waals surface area contributed by atoms with E-state index in [1.165, 1.54) is 0 Å². The largest absolute Gasteiger partial charge is 0.483 e. The summed E-state index contributed by atoms with van der Waals surface area (Å²) in [5, 5.41) is 13.9. The van der Waals surface area contributed by atoms with Crippen molar-refractivity contribution >= 4 is 33.6 Å². The van der Waals surface area contributed by atoms with Gasteiger partial charge in [-0.15, -0.1) is 0 Å². The molecule has 2 N–H and O–H groups in total. The first-order valence-corrected chi connectivity index (χ1v) is 9.61. The second-order valence-corrected chi connectivity index (χ2v) is 7.04. The summed E-state index contributed by atoms with van der Waals surface area (Å²) in [4.78, 5) is 36.2. The second kappa shape index (κ2) is 8.31. The number of rotatable bonds is 6. The molecule has 7 nitrogen and oxygen atoms in total. The number of benzene rings is 3. The van der Waals surface area contributed by atoms with Crippen LogP contribution in [0.15, 0.2) is 75.9 Å². The molecular formula is C24H19NO6. The van der Waals surface area contributed by atoms with Gasteiger partial charge in [-0.3, -0.25) is 4.79 Å². The van der Waals surface area contributed by atoms with Gasteiger partial charge < -0.3 is 19.6 Å². The summed E-state index contributed by atoms with van der Waals surface area (Å²) in [6.07, 6.45) is 0. The maximum absolute atomic E-state index is 12.3. The zero-order chi connectivity index (χ0) is 22.0. The fourth-order valence-corrected chi connectivity index (χ4v) is 3.50. The van der Waals surface area contributed by atoms with E-state index in [9.17, 15) is 19.5 Å². The number of aliphatic carboxylic acids is 1. The summed E-state index contributed by atoms with van der Waals surface area (Å²) in [7, 11) is 0. The SMILES string of the molecule is Cc1c(OCC(=O)N[C@H](C(=O)O)c2ccccc2)ccc2c1oc(=O)c1ccccc12. The van der Waals surface area contributed by atoms with E-state index < -0.39 is 23.5 Å². The van der Waals surface area contributed by atoms with Gasteiger partial charge in [-0.25, -0.2) is 9.59 Å². The summed E-state index contributed by atoms with van der Waals surface area (Å²) < 4.78 is 11.1. The Labute approximate surface area is 176 Å². The number of aryl methyl sites for hydroxylation is 1. The number of carboxylic acids is 1. The normalized spacial score (nSPS) is 11.9. The number of hydrogen-bond donors (Lipinski definition) is 2. The first-order chi connectivity index (χ1) is 15.0. The predicted octanol–water partition coefficient (Wildman–Crippen LogP) is 3.58. The van der Waals surface area contributed by atoms with E-state index in [2.05, 4.69) is 5.32 Å². The first-order valence-electron chi connectivity index (χ1n) is 9.61. The van der Waals surface area contributed by atoms with Crippen LogP contribution in [0.2, 0.25) is 0 Å². The van der Waals surface area contributed by atoms with E-state index in [1.807, 2.05) is 12.1 Å². The van der Waals surface area contributed by atoms with Gasteiger partial charge in [0, 0.05) is 10.9 Å². The second-order valence-electron chi connectivity index (χ2n) is 7.04. The van der Waals surface area contributed by atoms with Gasteiger partial charge in [0.05, 0.1) is 5.39 Å². The van der Waals surface area contributed by atoms with Gasteiger partial charge in [-0.05, 0) is 36.1 Å². The molecule has 4 aromatic rings. The van der Waals surface area contributed by atoms with Crippen molar-refractivity contribution in [3.05, 3.63) is 88.3 Å². The third kappa shape index (κ3) is 3.98. The molecule has 0 bridgehead atoms. The molecule has 0 unspecified atom stereocenters. The summed E-state index contributed by atoms with van der Waals surface area (Å²) in [5.74, 6) is -1.39. The first kappa shape index (κ1) is 20.2. The number of fused-ring (bicyclic) bond motifs is 3. The van der Waals surface area contributed by atoms with Crippen molar-refractivity contribution < 1.29 is 23.8 Å². The van der Waals surface area contributed by atoms with Crippen LogP contribution in [0.25, 0.3) is 21.7 Å². The van der Waals surface area contributed by atoms with Gasteiger partial charge >= 0.3 is 11.6 Å². The fourth-order valence-electron chi connectivity index (χ4n) is 3.50. The van der Waals surface area contributed by atoms with Crippen molar-refractivity contribution in [1.82, 2.24) is 5.32 Å². The van der Waals surface area contributed by atoms with Crippen molar-refractivity contribution in [2.45, 2.75) is 13.0 Å². The Kier molecular flexibility index (Phi) is 5.41. The van der Waals surface area contributed by atoms with Crippen molar-refractivity contribution in [2.75, 3.05) is 6.61 Å². The number of ether oxygens (including phenoxy) is 1. The zero-order valence-corrected chi connectivity index (χ0v) is 16.6.